The van der Waals surface area contributed by atoms with Gasteiger partial charge in [-0.05, 0) is 25.0 Å². The average molecular weight is 305 g/mol. The standard InChI is InChI=1S/C13H20N2O2S.ClH/c1-11-2-4-13(5-3-11)18(16,17)15-10-12-6-8-14-9-7-12;/h2-5,12,14-15H,6-10H2,1H3;1H. The maximum absolute atomic E-state index is 12.1. The summed E-state index contributed by atoms with van der Waals surface area (Å²) >= 11 is 0. The van der Waals surface area contributed by atoms with E-state index in [4.69, 9.17) is 0 Å². The van der Waals surface area contributed by atoms with Gasteiger partial charge in [0.15, 0.2) is 0 Å². The van der Waals surface area contributed by atoms with Crippen molar-refractivity contribution in [1.82, 2.24) is 4.72 Å². The van der Waals surface area contributed by atoms with Crippen molar-refractivity contribution in [3.63, 3.8) is 0 Å². The van der Waals surface area contributed by atoms with Crippen LogP contribution in [-0.4, -0.2) is 28.1 Å². The van der Waals surface area contributed by atoms with Gasteiger partial charge in [0.05, 0.1) is 18.0 Å². The van der Waals surface area contributed by atoms with Gasteiger partial charge in [-0.2, -0.15) is 0 Å². The number of piperidine rings is 1. The molecule has 0 aliphatic carbocycles. The second-order valence-electron chi connectivity index (χ2n) is 4.97. The van der Waals surface area contributed by atoms with Gasteiger partial charge in [-0.25, -0.2) is 13.1 Å². The molecule has 0 bridgehead atoms. The third-order valence-electron chi connectivity index (χ3n) is 3.45. The number of quaternary nitrogens is 1. The number of aryl methyl sites for hydroxylation is 1. The van der Waals surface area contributed by atoms with E-state index in [2.05, 4.69) is 10.0 Å². The minimum atomic E-state index is -3.34. The van der Waals surface area contributed by atoms with Crippen LogP contribution >= 0.6 is 0 Å². The van der Waals surface area contributed by atoms with Crippen LogP contribution in [-0.2, 0) is 10.0 Å². The molecule has 6 heteroatoms. The van der Waals surface area contributed by atoms with Gasteiger partial charge in [-0.1, -0.05) is 17.7 Å². The molecule has 0 aromatic heterocycles. The van der Waals surface area contributed by atoms with E-state index < -0.39 is 10.0 Å². The van der Waals surface area contributed by atoms with Gasteiger partial charge in [0.2, 0.25) is 10.0 Å². The first-order valence-electron chi connectivity index (χ1n) is 6.46. The molecule has 0 atom stereocenters. The maximum Gasteiger partial charge on any atom is 0.240 e. The topological polar surface area (TPSA) is 62.8 Å². The minimum Gasteiger partial charge on any atom is -1.00 e. The summed E-state index contributed by atoms with van der Waals surface area (Å²) in [5, 5.41) is 2.28. The molecule has 1 aromatic rings. The first kappa shape index (κ1) is 16.4. The van der Waals surface area contributed by atoms with Gasteiger partial charge in [-0.15, -0.1) is 0 Å². The molecule has 0 amide bonds. The molecule has 0 spiro atoms. The van der Waals surface area contributed by atoms with Gasteiger partial charge < -0.3 is 17.7 Å². The Hall–Kier alpha value is -0.620. The lowest BCUT2D eigenvalue weighted by atomic mass is 9.99. The number of hydrogen-bond acceptors (Lipinski definition) is 2. The van der Waals surface area contributed by atoms with Crippen LogP contribution in [0.15, 0.2) is 29.2 Å². The van der Waals surface area contributed by atoms with Crippen LogP contribution < -0.4 is 22.4 Å². The third kappa shape index (κ3) is 4.76. The van der Waals surface area contributed by atoms with Crippen molar-refractivity contribution < 1.29 is 26.1 Å². The molecule has 1 fully saturated rings. The van der Waals surface area contributed by atoms with E-state index >= 15 is 0 Å². The maximum atomic E-state index is 12.1. The number of nitrogens with two attached hydrogens (primary N) is 1. The molecule has 3 N–H and O–H groups in total. The zero-order chi connectivity index (χ0) is 13.0. The lowest BCUT2D eigenvalue weighted by Crippen LogP contribution is -3.00. The number of hydrogen-bond donors (Lipinski definition) is 2. The van der Waals surface area contributed by atoms with E-state index in [0.29, 0.717) is 17.4 Å². The summed E-state index contributed by atoms with van der Waals surface area (Å²) in [5.74, 6) is 0.482. The molecule has 2 rings (SSSR count). The van der Waals surface area contributed by atoms with E-state index in [1.807, 2.05) is 19.1 Å². The fraction of sp³-hybridized carbons (Fsp3) is 0.538. The lowest BCUT2D eigenvalue weighted by Gasteiger charge is -2.20. The molecule has 1 aliphatic rings. The zero-order valence-electron chi connectivity index (χ0n) is 11.1. The Balaban J connectivity index is 0.00000180. The molecule has 4 nitrogen and oxygen atoms in total. The molecule has 0 unspecified atom stereocenters. The smallest absolute Gasteiger partial charge is 0.240 e. The highest BCUT2D eigenvalue weighted by atomic mass is 35.5. The molecule has 108 valence electrons. The Morgan fingerprint density at radius 1 is 1.21 bits per heavy atom. The molecule has 1 saturated heterocycles. The summed E-state index contributed by atoms with van der Waals surface area (Å²) in [5.41, 5.74) is 1.07. The lowest BCUT2D eigenvalue weighted by molar-refractivity contribution is -0.664. The summed E-state index contributed by atoms with van der Waals surface area (Å²) in [7, 11) is -3.34. The van der Waals surface area contributed by atoms with E-state index in [0.717, 1.165) is 31.5 Å². The van der Waals surface area contributed by atoms with Crippen LogP contribution in [0.1, 0.15) is 18.4 Å². The monoisotopic (exact) mass is 304 g/mol. The van der Waals surface area contributed by atoms with Crippen molar-refractivity contribution in [3.05, 3.63) is 29.8 Å². The van der Waals surface area contributed by atoms with Crippen LogP contribution in [0.4, 0.5) is 0 Å². The van der Waals surface area contributed by atoms with Crippen molar-refractivity contribution in [2.45, 2.75) is 24.7 Å². The normalized spacial score (nSPS) is 16.9. The number of nitrogens with one attached hydrogen (secondary N) is 1. The Morgan fingerprint density at radius 3 is 2.37 bits per heavy atom. The quantitative estimate of drug-likeness (QED) is 0.634. The second kappa shape index (κ2) is 7.24. The SMILES string of the molecule is Cc1ccc(S(=O)(=O)NCC2CC[NH2+]CC2)cc1.[Cl-]. The first-order valence-corrected chi connectivity index (χ1v) is 7.94. The summed E-state index contributed by atoms with van der Waals surface area (Å²) in [6, 6.07) is 6.97. The molecule has 19 heavy (non-hydrogen) atoms. The number of benzene rings is 1. The Morgan fingerprint density at radius 2 is 1.79 bits per heavy atom. The molecule has 1 heterocycles. The van der Waals surface area contributed by atoms with Crippen LogP contribution in [0.5, 0.6) is 0 Å². The highest BCUT2D eigenvalue weighted by molar-refractivity contribution is 7.89. The first-order chi connectivity index (χ1) is 8.58. The average Bonchev–Trinajstić information content (AvgIpc) is 2.38. The van der Waals surface area contributed by atoms with Gasteiger partial charge in [0.1, 0.15) is 0 Å². The van der Waals surface area contributed by atoms with Crippen LogP contribution in [0.2, 0.25) is 0 Å². The Labute approximate surface area is 121 Å². The molecule has 0 radical (unpaired) electrons. The molecule has 1 aliphatic heterocycles. The summed E-state index contributed by atoms with van der Waals surface area (Å²) < 4.78 is 26.9. The van der Waals surface area contributed by atoms with E-state index in [-0.39, 0.29) is 12.4 Å². The minimum absolute atomic E-state index is 0. The van der Waals surface area contributed by atoms with Gasteiger partial charge in [-0.3, -0.25) is 0 Å². The van der Waals surface area contributed by atoms with Gasteiger partial charge in [0.25, 0.3) is 0 Å². The highest BCUT2D eigenvalue weighted by Crippen LogP contribution is 2.12. The molecular formula is C13H21ClN2O2S. The predicted molar refractivity (Wildman–Crippen MR) is 70.8 cm³/mol. The van der Waals surface area contributed by atoms with Crippen molar-refractivity contribution >= 4 is 10.0 Å². The van der Waals surface area contributed by atoms with Crippen LogP contribution in [0.3, 0.4) is 0 Å². The van der Waals surface area contributed by atoms with E-state index in [1.54, 1.807) is 12.1 Å². The largest absolute Gasteiger partial charge is 1.00 e. The number of halogens is 1. The third-order valence-corrected chi connectivity index (χ3v) is 4.89. The molecule has 0 saturated carbocycles. The predicted octanol–water partition coefficient (Wildman–Crippen LogP) is -2.75. The molecule has 1 aromatic carbocycles. The van der Waals surface area contributed by atoms with Crippen molar-refractivity contribution in [3.8, 4) is 0 Å². The van der Waals surface area contributed by atoms with Crippen molar-refractivity contribution in [1.29, 1.82) is 0 Å². The Bertz CT molecular complexity index is 482. The zero-order valence-corrected chi connectivity index (χ0v) is 12.7. The Kier molecular flexibility index (Phi) is 6.26. The van der Waals surface area contributed by atoms with E-state index in [1.165, 1.54) is 0 Å². The van der Waals surface area contributed by atoms with Crippen LogP contribution in [0, 0.1) is 12.8 Å². The van der Waals surface area contributed by atoms with Gasteiger partial charge >= 0.3 is 0 Å². The van der Waals surface area contributed by atoms with Crippen molar-refractivity contribution in [2.24, 2.45) is 5.92 Å². The second-order valence-corrected chi connectivity index (χ2v) is 6.74. The fourth-order valence-corrected chi connectivity index (χ4v) is 3.34. The summed E-state index contributed by atoms with van der Waals surface area (Å²) in [4.78, 5) is 0.357. The summed E-state index contributed by atoms with van der Waals surface area (Å²) in [6.45, 7) is 4.72. The molecular weight excluding hydrogens is 284 g/mol. The van der Waals surface area contributed by atoms with Gasteiger partial charge in [0, 0.05) is 19.4 Å². The number of rotatable bonds is 4. The summed E-state index contributed by atoms with van der Waals surface area (Å²) in [6.07, 6.45) is 2.19. The fourth-order valence-electron chi connectivity index (χ4n) is 2.23. The number of sulfonamides is 1. The van der Waals surface area contributed by atoms with E-state index in [9.17, 15) is 8.42 Å². The highest BCUT2D eigenvalue weighted by Gasteiger charge is 2.19. The van der Waals surface area contributed by atoms with Crippen molar-refractivity contribution in [2.75, 3.05) is 19.6 Å². The van der Waals surface area contributed by atoms with Crippen LogP contribution in [0.25, 0.3) is 0 Å².